The van der Waals surface area contributed by atoms with E-state index in [1.165, 1.54) is 32.2 Å². The van der Waals surface area contributed by atoms with E-state index in [1.54, 1.807) is 0 Å². The third-order valence-electron chi connectivity index (χ3n) is 4.70. The number of carbonyl (C=O) groups is 2. The van der Waals surface area contributed by atoms with Gasteiger partial charge in [-0.2, -0.15) is 0 Å². The molecule has 2 N–H and O–H groups in total. The van der Waals surface area contributed by atoms with Crippen LogP contribution >= 0.6 is 0 Å². The number of anilines is 1. The van der Waals surface area contributed by atoms with Gasteiger partial charge in [-0.05, 0) is 48.1 Å². The van der Waals surface area contributed by atoms with Gasteiger partial charge in [0.2, 0.25) is 0 Å². The topological polar surface area (TPSA) is 102 Å². The van der Waals surface area contributed by atoms with Gasteiger partial charge in [-0.25, -0.2) is 17.9 Å². The van der Waals surface area contributed by atoms with Gasteiger partial charge in [-0.3, -0.25) is 4.79 Å². The van der Waals surface area contributed by atoms with Crippen LogP contribution in [0.2, 0.25) is 0 Å². The Morgan fingerprint density at radius 1 is 0.967 bits per heavy atom. The van der Waals surface area contributed by atoms with Crippen LogP contribution in [0.1, 0.15) is 67.9 Å². The third-order valence-corrected chi connectivity index (χ3v) is 6.05. The van der Waals surface area contributed by atoms with Crippen molar-refractivity contribution in [3.63, 3.8) is 0 Å². The van der Waals surface area contributed by atoms with Gasteiger partial charge in [0.15, 0.2) is 5.78 Å². The lowest BCUT2D eigenvalue weighted by Gasteiger charge is -2.20. The van der Waals surface area contributed by atoms with Crippen molar-refractivity contribution < 1.29 is 22.7 Å². The lowest BCUT2D eigenvalue weighted by Crippen LogP contribution is -2.35. The Morgan fingerprint density at radius 3 is 2.00 bits per heavy atom. The first-order valence-corrected chi connectivity index (χ1v) is 11.1. The number of Topliss-reactive ketones (excluding diaryl/α,β-unsaturated/α-hetero) is 1. The minimum atomic E-state index is -4.28. The van der Waals surface area contributed by atoms with Crippen LogP contribution in [0.3, 0.4) is 0 Å². The minimum Gasteiger partial charge on any atom is -0.495 e. The third kappa shape index (κ3) is 5.18. The van der Waals surface area contributed by atoms with Gasteiger partial charge in [0.05, 0.1) is 7.11 Å². The number of para-hydroxylation sites is 1. The first kappa shape index (κ1) is 23.4. The average molecular weight is 433 g/mol. The van der Waals surface area contributed by atoms with Gasteiger partial charge in [0.25, 0.3) is 10.0 Å². The van der Waals surface area contributed by atoms with Gasteiger partial charge < -0.3 is 10.1 Å². The minimum absolute atomic E-state index is 0.0331. The molecular weight excluding hydrogens is 404 g/mol. The molecule has 2 amide bonds. The molecule has 0 atom stereocenters. The summed E-state index contributed by atoms with van der Waals surface area (Å²) in [5.74, 6) is -0.0114. The number of hydrogen-bond acceptors (Lipinski definition) is 5. The molecule has 0 spiro atoms. The quantitative estimate of drug-likeness (QED) is 0.620. The summed E-state index contributed by atoms with van der Waals surface area (Å²) in [6, 6.07) is 8.88. The summed E-state index contributed by atoms with van der Waals surface area (Å²) in [6.07, 6.45) is 0. The van der Waals surface area contributed by atoms with E-state index in [0.717, 1.165) is 11.1 Å². The molecule has 2 rings (SSSR count). The molecule has 8 heteroatoms. The zero-order chi connectivity index (χ0) is 22.6. The van der Waals surface area contributed by atoms with E-state index in [0.29, 0.717) is 5.69 Å². The number of methoxy groups -OCH3 is 1. The van der Waals surface area contributed by atoms with E-state index in [9.17, 15) is 18.0 Å². The average Bonchev–Trinajstić information content (AvgIpc) is 2.66. The molecular formula is C22H28N2O5S. The number of urea groups is 1. The van der Waals surface area contributed by atoms with Crippen LogP contribution in [-0.4, -0.2) is 27.3 Å². The van der Waals surface area contributed by atoms with Gasteiger partial charge in [0, 0.05) is 11.3 Å². The molecule has 0 aliphatic heterocycles. The van der Waals surface area contributed by atoms with Crippen molar-refractivity contribution in [1.82, 2.24) is 4.72 Å². The molecule has 0 aromatic heterocycles. The molecule has 0 aliphatic rings. The first-order valence-electron chi connectivity index (χ1n) is 9.63. The number of ether oxygens (including phenoxy) is 1. The highest BCUT2D eigenvalue weighted by Gasteiger charge is 2.25. The molecule has 0 aliphatic carbocycles. The van der Waals surface area contributed by atoms with Crippen molar-refractivity contribution in [2.75, 3.05) is 12.4 Å². The maximum Gasteiger partial charge on any atom is 0.333 e. The molecule has 2 aromatic carbocycles. The number of benzene rings is 2. The van der Waals surface area contributed by atoms with Crippen LogP contribution in [0.25, 0.3) is 0 Å². The first-order chi connectivity index (χ1) is 14.0. The number of sulfonamides is 1. The molecule has 0 bridgehead atoms. The molecule has 0 fully saturated rings. The number of amides is 2. The van der Waals surface area contributed by atoms with Crippen LogP contribution < -0.4 is 14.8 Å². The molecule has 7 nitrogen and oxygen atoms in total. The smallest absolute Gasteiger partial charge is 0.333 e. The lowest BCUT2D eigenvalue weighted by molar-refractivity contribution is 0.101. The Balaban J connectivity index is 2.40. The second-order valence-electron chi connectivity index (χ2n) is 7.60. The summed E-state index contributed by atoms with van der Waals surface area (Å²) in [7, 11) is -2.97. The fourth-order valence-corrected chi connectivity index (χ4v) is 4.22. The number of nitrogens with one attached hydrogen (secondary N) is 2. The maximum atomic E-state index is 12.9. The Kier molecular flexibility index (Phi) is 7.25. The monoisotopic (exact) mass is 432 g/mol. The van der Waals surface area contributed by atoms with Crippen LogP contribution in [0, 0.1) is 0 Å². The van der Waals surface area contributed by atoms with E-state index in [2.05, 4.69) is 5.32 Å². The summed E-state index contributed by atoms with van der Waals surface area (Å²) < 4.78 is 32.9. The predicted octanol–water partition coefficient (Wildman–Crippen LogP) is 4.66. The largest absolute Gasteiger partial charge is 0.495 e. The predicted molar refractivity (Wildman–Crippen MR) is 117 cm³/mol. The van der Waals surface area contributed by atoms with E-state index in [4.69, 9.17) is 4.74 Å². The molecule has 162 valence electrons. The number of hydrogen-bond donors (Lipinski definition) is 2. The standard InChI is InChI=1S/C22H28N2O5S/c1-13(2)17-8-7-9-18(14(3)4)21(17)23-22(26)24-30(27,28)20-12-16(15(5)25)10-11-19(20)29-6/h7-14H,1-6H3,(H2,23,24,26). The van der Waals surface area contributed by atoms with Crippen LogP contribution in [0.5, 0.6) is 5.75 Å². The highest BCUT2D eigenvalue weighted by Crippen LogP contribution is 2.32. The molecule has 0 saturated carbocycles. The van der Waals surface area contributed by atoms with Crippen LogP contribution in [-0.2, 0) is 10.0 Å². The highest BCUT2D eigenvalue weighted by molar-refractivity contribution is 7.90. The van der Waals surface area contributed by atoms with Crippen molar-refractivity contribution >= 4 is 27.5 Å². The van der Waals surface area contributed by atoms with Crippen molar-refractivity contribution in [3.8, 4) is 5.75 Å². The summed E-state index contributed by atoms with van der Waals surface area (Å²) in [4.78, 5) is 24.0. The molecule has 2 aromatic rings. The Bertz CT molecular complexity index is 1030. The number of ketones is 1. The summed E-state index contributed by atoms with van der Waals surface area (Å²) in [5.41, 5.74) is 2.61. The normalized spacial score (nSPS) is 11.5. The van der Waals surface area contributed by atoms with E-state index < -0.39 is 16.1 Å². The van der Waals surface area contributed by atoms with E-state index >= 15 is 0 Å². The van der Waals surface area contributed by atoms with Gasteiger partial charge >= 0.3 is 6.03 Å². The second kappa shape index (κ2) is 9.30. The maximum absolute atomic E-state index is 12.9. The van der Waals surface area contributed by atoms with E-state index in [1.807, 2.05) is 50.6 Å². The SMILES string of the molecule is COc1ccc(C(C)=O)cc1S(=O)(=O)NC(=O)Nc1c(C(C)C)cccc1C(C)C. The van der Waals surface area contributed by atoms with Crippen molar-refractivity contribution in [2.45, 2.75) is 51.3 Å². The Morgan fingerprint density at radius 2 is 1.53 bits per heavy atom. The molecule has 30 heavy (non-hydrogen) atoms. The summed E-state index contributed by atoms with van der Waals surface area (Å²) >= 11 is 0. The molecule has 0 unspecified atom stereocenters. The fraction of sp³-hybridized carbons (Fsp3) is 0.364. The van der Waals surface area contributed by atoms with Gasteiger partial charge in [-0.15, -0.1) is 0 Å². The Hall–Kier alpha value is -2.87. The van der Waals surface area contributed by atoms with Crippen LogP contribution in [0.4, 0.5) is 10.5 Å². The molecule has 0 saturated heterocycles. The summed E-state index contributed by atoms with van der Waals surface area (Å²) in [6.45, 7) is 9.32. The molecule has 0 heterocycles. The Labute approximate surface area is 177 Å². The lowest BCUT2D eigenvalue weighted by atomic mass is 9.93. The fourth-order valence-electron chi connectivity index (χ4n) is 3.12. The zero-order valence-corrected chi connectivity index (χ0v) is 18.9. The summed E-state index contributed by atoms with van der Waals surface area (Å²) in [5, 5.41) is 2.71. The zero-order valence-electron chi connectivity index (χ0n) is 18.1. The highest BCUT2D eigenvalue weighted by atomic mass is 32.2. The van der Waals surface area contributed by atoms with Gasteiger partial charge in [-0.1, -0.05) is 45.9 Å². The van der Waals surface area contributed by atoms with E-state index in [-0.39, 0.29) is 33.8 Å². The number of rotatable bonds is 7. The van der Waals surface area contributed by atoms with Crippen molar-refractivity contribution in [3.05, 3.63) is 53.1 Å². The van der Waals surface area contributed by atoms with Crippen LogP contribution in [0.15, 0.2) is 41.3 Å². The van der Waals surface area contributed by atoms with Gasteiger partial charge in [0.1, 0.15) is 10.6 Å². The second-order valence-corrected chi connectivity index (χ2v) is 9.25. The van der Waals surface area contributed by atoms with Crippen molar-refractivity contribution in [2.24, 2.45) is 0 Å². The van der Waals surface area contributed by atoms with Crippen molar-refractivity contribution in [1.29, 1.82) is 0 Å². The number of carbonyl (C=O) groups excluding carboxylic acids is 2. The molecule has 0 radical (unpaired) electrons.